The third-order valence-corrected chi connectivity index (χ3v) is 5.52. The molecule has 0 unspecified atom stereocenters. The number of likely N-dealkylation sites (tertiary alicyclic amines) is 1. The molecule has 2 aliphatic rings. The fourth-order valence-corrected chi connectivity index (χ4v) is 4.08. The summed E-state index contributed by atoms with van der Waals surface area (Å²) >= 11 is 6.10. The Bertz CT molecular complexity index is 744. The zero-order valence-electron chi connectivity index (χ0n) is 14.7. The molecular formula is C21H24ClNO3. The zero-order valence-corrected chi connectivity index (χ0v) is 15.5. The van der Waals surface area contributed by atoms with Crippen molar-refractivity contribution < 1.29 is 14.6 Å². The highest BCUT2D eigenvalue weighted by Crippen LogP contribution is 2.41. The van der Waals surface area contributed by atoms with E-state index in [1.165, 1.54) is 5.56 Å². The molecule has 0 aromatic heterocycles. The maximum atomic E-state index is 10.3. The number of fused-ring (bicyclic) bond motifs is 1. The Balaban J connectivity index is 1.25. The Labute approximate surface area is 159 Å². The van der Waals surface area contributed by atoms with E-state index in [4.69, 9.17) is 21.1 Å². The average molecular weight is 374 g/mol. The first-order chi connectivity index (χ1) is 12.6. The standard InChI is InChI=1S/C21H24ClNO3/c22-17-6-7-20-16(12-17)13-21(26-20)8-10-23(11-9-21)14-18(24)15-25-19-4-2-1-3-5-19/h1-7,12,18,24H,8-11,13-15H2/t18-/m0/s1. The van der Waals surface area contributed by atoms with Crippen molar-refractivity contribution in [2.24, 2.45) is 0 Å². The molecule has 2 aromatic carbocycles. The molecule has 2 aliphatic heterocycles. The van der Waals surface area contributed by atoms with E-state index in [1.54, 1.807) is 0 Å². The lowest BCUT2D eigenvalue weighted by molar-refractivity contribution is -0.00195. The first kappa shape index (κ1) is 17.7. The van der Waals surface area contributed by atoms with Crippen LogP contribution in [0.4, 0.5) is 0 Å². The number of nitrogens with zero attached hydrogens (tertiary/aromatic N) is 1. The number of benzene rings is 2. The minimum atomic E-state index is -0.496. The Hall–Kier alpha value is -1.75. The first-order valence-electron chi connectivity index (χ1n) is 9.18. The van der Waals surface area contributed by atoms with Gasteiger partial charge in [-0.1, -0.05) is 29.8 Å². The van der Waals surface area contributed by atoms with Gasteiger partial charge >= 0.3 is 0 Å². The molecule has 1 spiro atoms. The lowest BCUT2D eigenvalue weighted by Gasteiger charge is -2.39. The van der Waals surface area contributed by atoms with Gasteiger partial charge in [0.15, 0.2) is 0 Å². The van der Waals surface area contributed by atoms with Crippen molar-refractivity contribution >= 4 is 11.6 Å². The van der Waals surface area contributed by atoms with Gasteiger partial charge < -0.3 is 19.5 Å². The molecule has 0 aliphatic carbocycles. The van der Waals surface area contributed by atoms with Crippen LogP contribution in [0.25, 0.3) is 0 Å². The van der Waals surface area contributed by atoms with Gasteiger partial charge in [-0.2, -0.15) is 0 Å². The topological polar surface area (TPSA) is 41.9 Å². The van der Waals surface area contributed by atoms with Crippen LogP contribution in [0, 0.1) is 0 Å². The Morgan fingerprint density at radius 1 is 1.15 bits per heavy atom. The molecule has 0 radical (unpaired) electrons. The zero-order chi connectivity index (χ0) is 18.0. The van der Waals surface area contributed by atoms with Crippen molar-refractivity contribution in [1.29, 1.82) is 0 Å². The van der Waals surface area contributed by atoms with E-state index in [0.717, 1.165) is 48.9 Å². The normalized spacial score (nSPS) is 19.8. The third kappa shape index (κ3) is 3.98. The van der Waals surface area contributed by atoms with Crippen LogP contribution < -0.4 is 9.47 Å². The summed E-state index contributed by atoms with van der Waals surface area (Å²) in [5, 5.41) is 11.0. The molecule has 0 amide bonds. The van der Waals surface area contributed by atoms with Crippen LogP contribution >= 0.6 is 11.6 Å². The molecule has 2 heterocycles. The van der Waals surface area contributed by atoms with Crippen molar-refractivity contribution in [1.82, 2.24) is 4.90 Å². The Kier molecular flexibility index (Phi) is 5.07. The summed E-state index contributed by atoms with van der Waals surface area (Å²) in [5.74, 6) is 1.76. The second kappa shape index (κ2) is 7.47. The van der Waals surface area contributed by atoms with Gasteiger partial charge in [0.25, 0.3) is 0 Å². The summed E-state index contributed by atoms with van der Waals surface area (Å²) < 4.78 is 11.9. The second-order valence-electron chi connectivity index (χ2n) is 7.29. The van der Waals surface area contributed by atoms with Gasteiger partial charge in [-0.05, 0) is 35.9 Å². The number of piperidine rings is 1. The predicted molar refractivity (Wildman–Crippen MR) is 102 cm³/mol. The quantitative estimate of drug-likeness (QED) is 0.870. The minimum Gasteiger partial charge on any atom is -0.491 e. The van der Waals surface area contributed by atoms with Gasteiger partial charge in [-0.3, -0.25) is 0 Å². The lowest BCUT2D eigenvalue weighted by Crippen LogP contribution is -2.49. The van der Waals surface area contributed by atoms with Gasteiger partial charge in [0.05, 0.1) is 0 Å². The average Bonchev–Trinajstić information content (AvgIpc) is 3.00. The van der Waals surface area contributed by atoms with Crippen molar-refractivity contribution in [2.75, 3.05) is 26.2 Å². The van der Waals surface area contributed by atoms with Crippen molar-refractivity contribution in [3.63, 3.8) is 0 Å². The van der Waals surface area contributed by atoms with E-state index in [1.807, 2.05) is 48.5 Å². The van der Waals surface area contributed by atoms with Crippen LogP contribution in [-0.4, -0.2) is 48.0 Å². The van der Waals surface area contributed by atoms with Crippen LogP contribution in [0.15, 0.2) is 48.5 Å². The number of ether oxygens (including phenoxy) is 2. The molecule has 26 heavy (non-hydrogen) atoms. The molecule has 1 saturated heterocycles. The summed E-state index contributed by atoms with van der Waals surface area (Å²) in [6, 6.07) is 15.5. The van der Waals surface area contributed by atoms with E-state index < -0.39 is 6.10 Å². The van der Waals surface area contributed by atoms with E-state index in [9.17, 15) is 5.11 Å². The maximum absolute atomic E-state index is 10.3. The molecule has 0 saturated carbocycles. The van der Waals surface area contributed by atoms with Crippen LogP contribution in [0.1, 0.15) is 18.4 Å². The monoisotopic (exact) mass is 373 g/mol. The number of β-amino-alcohol motifs (C(OH)–C–C–N with tert-alkyl or cyclic N) is 1. The van der Waals surface area contributed by atoms with Crippen LogP contribution in [0.5, 0.6) is 11.5 Å². The SMILES string of the molecule is O[C@H](COc1ccccc1)CN1CCC2(CC1)Cc1cc(Cl)ccc1O2. The molecule has 0 bridgehead atoms. The van der Waals surface area contributed by atoms with Gasteiger partial charge in [0.1, 0.15) is 29.8 Å². The van der Waals surface area contributed by atoms with Crippen molar-refractivity contribution in [2.45, 2.75) is 31.0 Å². The summed E-state index contributed by atoms with van der Waals surface area (Å²) in [6.45, 7) is 2.78. The van der Waals surface area contributed by atoms with Gasteiger partial charge in [0.2, 0.25) is 0 Å². The van der Waals surface area contributed by atoms with Gasteiger partial charge in [0, 0.05) is 43.9 Å². The molecule has 4 rings (SSSR count). The molecule has 5 heteroatoms. The van der Waals surface area contributed by atoms with E-state index in [-0.39, 0.29) is 5.60 Å². The Morgan fingerprint density at radius 2 is 1.92 bits per heavy atom. The van der Waals surface area contributed by atoms with Gasteiger partial charge in [-0.25, -0.2) is 0 Å². The fraction of sp³-hybridized carbons (Fsp3) is 0.429. The number of rotatable bonds is 5. The predicted octanol–water partition coefficient (Wildman–Crippen LogP) is 3.55. The molecule has 1 fully saturated rings. The number of aliphatic hydroxyl groups excluding tert-OH is 1. The van der Waals surface area contributed by atoms with Crippen LogP contribution in [0.2, 0.25) is 5.02 Å². The number of hydrogen-bond donors (Lipinski definition) is 1. The van der Waals surface area contributed by atoms with Gasteiger partial charge in [-0.15, -0.1) is 0 Å². The highest BCUT2D eigenvalue weighted by Gasteiger charge is 2.42. The number of hydrogen-bond acceptors (Lipinski definition) is 4. The molecule has 4 nitrogen and oxygen atoms in total. The number of para-hydroxylation sites is 1. The number of aliphatic hydroxyl groups is 1. The molecule has 138 valence electrons. The summed E-state index contributed by atoms with van der Waals surface area (Å²) in [4.78, 5) is 2.30. The largest absolute Gasteiger partial charge is 0.491 e. The number of halogens is 1. The van der Waals surface area contributed by atoms with Crippen molar-refractivity contribution in [3.8, 4) is 11.5 Å². The first-order valence-corrected chi connectivity index (χ1v) is 9.55. The fourth-order valence-electron chi connectivity index (χ4n) is 3.88. The van der Waals surface area contributed by atoms with Crippen LogP contribution in [-0.2, 0) is 6.42 Å². The van der Waals surface area contributed by atoms with E-state index >= 15 is 0 Å². The lowest BCUT2D eigenvalue weighted by atomic mass is 9.87. The maximum Gasteiger partial charge on any atom is 0.123 e. The highest BCUT2D eigenvalue weighted by atomic mass is 35.5. The smallest absolute Gasteiger partial charge is 0.123 e. The third-order valence-electron chi connectivity index (χ3n) is 5.28. The highest BCUT2D eigenvalue weighted by molar-refractivity contribution is 6.30. The summed E-state index contributed by atoms with van der Waals surface area (Å²) in [7, 11) is 0. The van der Waals surface area contributed by atoms with Crippen molar-refractivity contribution in [3.05, 3.63) is 59.1 Å². The minimum absolute atomic E-state index is 0.102. The summed E-state index contributed by atoms with van der Waals surface area (Å²) in [6.07, 6.45) is 2.36. The van der Waals surface area contributed by atoms with E-state index in [2.05, 4.69) is 4.90 Å². The Morgan fingerprint density at radius 3 is 2.69 bits per heavy atom. The molecule has 1 N–H and O–H groups in total. The van der Waals surface area contributed by atoms with E-state index in [0.29, 0.717) is 13.2 Å². The summed E-state index contributed by atoms with van der Waals surface area (Å²) in [5.41, 5.74) is 1.11. The molecular weight excluding hydrogens is 350 g/mol. The second-order valence-corrected chi connectivity index (χ2v) is 7.73. The molecule has 2 aromatic rings. The van der Waals surface area contributed by atoms with Crippen LogP contribution in [0.3, 0.4) is 0 Å². The molecule has 1 atom stereocenters.